The Labute approximate surface area is 194 Å². The van der Waals surface area contributed by atoms with E-state index in [0.717, 1.165) is 0 Å². The van der Waals surface area contributed by atoms with Crippen molar-refractivity contribution in [2.45, 2.75) is 19.4 Å². The monoisotopic (exact) mass is 456 g/mol. The van der Waals surface area contributed by atoms with Gasteiger partial charge in [0.25, 0.3) is 0 Å². The number of ketones is 1. The molecule has 9 nitrogen and oxygen atoms in total. The fraction of sp³-hybridized carbons (Fsp3) is 0.200. The van der Waals surface area contributed by atoms with Gasteiger partial charge >= 0.3 is 5.97 Å². The number of carboxylic acids is 1. The number of aliphatic carboxylic acids is 1. The lowest BCUT2D eigenvalue weighted by Gasteiger charge is -2.41. The highest BCUT2D eigenvalue weighted by Crippen LogP contribution is 2.39. The van der Waals surface area contributed by atoms with Crippen molar-refractivity contribution < 1.29 is 24.2 Å². The van der Waals surface area contributed by atoms with Gasteiger partial charge in [0.1, 0.15) is 6.61 Å². The zero-order valence-electron chi connectivity index (χ0n) is 18.2. The van der Waals surface area contributed by atoms with Crippen molar-refractivity contribution >= 4 is 34.7 Å². The second-order valence-electron chi connectivity index (χ2n) is 8.13. The van der Waals surface area contributed by atoms with Gasteiger partial charge in [0, 0.05) is 41.5 Å². The minimum atomic E-state index is -1.42. The number of hydrogen-bond donors (Lipinski definition) is 1. The topological polar surface area (TPSA) is 122 Å². The maximum Gasteiger partial charge on any atom is 0.320 e. The molecule has 0 saturated carbocycles. The SMILES string of the molecule is Cc1cc2c(cc1N1C(=O)CC1COc1ccccn1)N=C(c1cccnc1)C(C(=O)O)C2=O. The van der Waals surface area contributed by atoms with Crippen molar-refractivity contribution in [3.8, 4) is 5.88 Å². The lowest BCUT2D eigenvalue weighted by molar-refractivity contribution is -0.138. The van der Waals surface area contributed by atoms with E-state index >= 15 is 0 Å². The van der Waals surface area contributed by atoms with Crippen molar-refractivity contribution in [3.05, 3.63) is 77.7 Å². The molecule has 2 atom stereocenters. The predicted octanol–water partition coefficient (Wildman–Crippen LogP) is 2.99. The highest BCUT2D eigenvalue weighted by atomic mass is 16.5. The van der Waals surface area contributed by atoms with Gasteiger partial charge in [-0.2, -0.15) is 0 Å². The first-order chi connectivity index (χ1) is 16.4. The number of Topliss-reactive ketones (excluding diaryl/α,β-unsaturated/α-hetero) is 1. The quantitative estimate of drug-likeness (QED) is 0.447. The third-order valence-corrected chi connectivity index (χ3v) is 5.93. The first kappa shape index (κ1) is 21.4. The van der Waals surface area contributed by atoms with Crippen LogP contribution in [-0.2, 0) is 9.59 Å². The lowest BCUT2D eigenvalue weighted by Crippen LogP contribution is -2.56. The first-order valence-electron chi connectivity index (χ1n) is 10.7. The van der Waals surface area contributed by atoms with Crippen molar-refractivity contribution in [3.63, 3.8) is 0 Å². The summed E-state index contributed by atoms with van der Waals surface area (Å²) in [7, 11) is 0. The summed E-state index contributed by atoms with van der Waals surface area (Å²) in [6.07, 6.45) is 4.99. The van der Waals surface area contributed by atoms with Crippen LogP contribution in [0.4, 0.5) is 11.4 Å². The van der Waals surface area contributed by atoms with Crippen LogP contribution in [0.25, 0.3) is 0 Å². The first-order valence-corrected chi connectivity index (χ1v) is 10.7. The number of fused-ring (bicyclic) bond motifs is 1. The van der Waals surface area contributed by atoms with Gasteiger partial charge in [-0.1, -0.05) is 12.1 Å². The summed E-state index contributed by atoms with van der Waals surface area (Å²) >= 11 is 0. The number of pyridine rings is 2. The molecule has 3 aromatic rings. The molecule has 0 radical (unpaired) electrons. The van der Waals surface area contributed by atoms with Crippen LogP contribution >= 0.6 is 0 Å². The Morgan fingerprint density at radius 1 is 1.18 bits per heavy atom. The van der Waals surface area contributed by atoms with Crippen LogP contribution in [0.1, 0.15) is 27.9 Å². The van der Waals surface area contributed by atoms with E-state index in [1.54, 1.807) is 60.6 Å². The Bertz CT molecular complexity index is 1320. The van der Waals surface area contributed by atoms with E-state index in [2.05, 4.69) is 15.0 Å². The number of β-lactam (4-membered cyclic amide) rings is 1. The summed E-state index contributed by atoms with van der Waals surface area (Å²) in [5.74, 6) is -2.84. The van der Waals surface area contributed by atoms with Crippen molar-refractivity contribution in [2.75, 3.05) is 11.5 Å². The number of carboxylic acid groups (broad SMARTS) is 1. The van der Waals surface area contributed by atoms with Crippen LogP contribution in [0.15, 0.2) is 66.0 Å². The standard InChI is InChI=1S/C25H20N4O5/c1-14-9-17-18(28-23(15-5-4-7-26-12-15)22(24(17)31)25(32)33)11-19(14)29-16(10-21(29)30)13-34-20-6-2-3-8-27-20/h2-9,11-12,16,22H,10,13H2,1H3,(H,32,33). The fourth-order valence-corrected chi connectivity index (χ4v) is 4.24. The molecule has 1 N–H and O–H groups in total. The van der Waals surface area contributed by atoms with Crippen molar-refractivity contribution in [1.29, 1.82) is 0 Å². The van der Waals surface area contributed by atoms with Crippen LogP contribution in [0, 0.1) is 12.8 Å². The van der Waals surface area contributed by atoms with Crippen LogP contribution in [0.5, 0.6) is 5.88 Å². The van der Waals surface area contributed by atoms with Crippen LogP contribution in [0.2, 0.25) is 0 Å². The van der Waals surface area contributed by atoms with E-state index in [4.69, 9.17) is 4.74 Å². The van der Waals surface area contributed by atoms with E-state index in [1.807, 2.05) is 6.07 Å². The summed E-state index contributed by atoms with van der Waals surface area (Å²) in [4.78, 5) is 52.0. The van der Waals surface area contributed by atoms with Crippen molar-refractivity contribution in [1.82, 2.24) is 9.97 Å². The Kier molecular flexibility index (Phi) is 5.37. The number of benzene rings is 1. The molecule has 1 saturated heterocycles. The number of hydrogen-bond acceptors (Lipinski definition) is 7. The Morgan fingerprint density at radius 3 is 2.71 bits per heavy atom. The number of rotatable bonds is 6. The number of aromatic nitrogens is 2. The maximum atomic E-state index is 13.2. The number of carbonyl (C=O) groups is 3. The van der Waals surface area contributed by atoms with Gasteiger partial charge < -0.3 is 14.7 Å². The molecule has 2 unspecified atom stereocenters. The minimum Gasteiger partial charge on any atom is -0.480 e. The number of amides is 1. The number of anilines is 1. The van der Waals surface area contributed by atoms with E-state index in [1.165, 1.54) is 6.20 Å². The number of aliphatic imine (C=N–C) groups is 1. The third-order valence-electron chi connectivity index (χ3n) is 5.93. The number of aryl methyl sites for hydroxylation is 1. The highest BCUT2D eigenvalue weighted by Gasteiger charge is 2.41. The molecule has 2 aliphatic rings. The molecule has 2 aliphatic heterocycles. The second kappa shape index (κ2) is 8.51. The second-order valence-corrected chi connectivity index (χ2v) is 8.13. The molecular formula is C25H20N4O5. The molecule has 1 amide bonds. The van der Waals surface area contributed by atoms with Crippen LogP contribution in [-0.4, -0.2) is 51.1 Å². The summed E-state index contributed by atoms with van der Waals surface area (Å²) < 4.78 is 5.74. The largest absolute Gasteiger partial charge is 0.480 e. The van der Waals surface area contributed by atoms with Gasteiger partial charge in [-0.15, -0.1) is 0 Å². The minimum absolute atomic E-state index is 0.0697. The molecule has 4 heterocycles. The molecule has 34 heavy (non-hydrogen) atoms. The van der Waals surface area contributed by atoms with E-state index in [9.17, 15) is 19.5 Å². The van der Waals surface area contributed by atoms with Gasteiger partial charge in [0.2, 0.25) is 11.8 Å². The Morgan fingerprint density at radius 2 is 2.03 bits per heavy atom. The summed E-state index contributed by atoms with van der Waals surface area (Å²) in [5.41, 5.74) is 2.41. The number of ether oxygens (including phenoxy) is 1. The van der Waals surface area contributed by atoms with Gasteiger partial charge in [-0.3, -0.25) is 24.4 Å². The molecule has 5 rings (SSSR count). The van der Waals surface area contributed by atoms with Crippen molar-refractivity contribution in [2.24, 2.45) is 10.9 Å². The number of nitrogens with zero attached hydrogens (tertiary/aromatic N) is 4. The molecule has 2 aromatic heterocycles. The summed E-state index contributed by atoms with van der Waals surface area (Å²) in [6, 6.07) is 11.8. The highest BCUT2D eigenvalue weighted by molar-refractivity contribution is 6.31. The Balaban J connectivity index is 1.50. The summed E-state index contributed by atoms with van der Waals surface area (Å²) in [6.45, 7) is 2.05. The van der Waals surface area contributed by atoms with E-state index in [0.29, 0.717) is 34.8 Å². The third kappa shape index (κ3) is 3.71. The van der Waals surface area contributed by atoms with Gasteiger partial charge in [-0.25, -0.2) is 4.98 Å². The zero-order chi connectivity index (χ0) is 23.8. The normalized spacial score (nSPS) is 19.2. The lowest BCUT2D eigenvalue weighted by atomic mass is 9.85. The molecule has 170 valence electrons. The average molecular weight is 456 g/mol. The average Bonchev–Trinajstić information content (AvgIpc) is 2.83. The molecule has 0 bridgehead atoms. The smallest absolute Gasteiger partial charge is 0.320 e. The van der Waals surface area contributed by atoms with Gasteiger partial charge in [-0.05, 0) is 36.8 Å². The molecular weight excluding hydrogens is 436 g/mol. The predicted molar refractivity (Wildman–Crippen MR) is 123 cm³/mol. The van der Waals surface area contributed by atoms with Gasteiger partial charge in [0.05, 0.1) is 23.9 Å². The van der Waals surface area contributed by atoms with Crippen LogP contribution in [0.3, 0.4) is 0 Å². The Hall–Kier alpha value is -4.40. The molecule has 1 fully saturated rings. The van der Waals surface area contributed by atoms with E-state index < -0.39 is 17.7 Å². The molecule has 0 spiro atoms. The molecule has 9 heteroatoms. The maximum absolute atomic E-state index is 13.2. The molecule has 0 aliphatic carbocycles. The van der Waals surface area contributed by atoms with Gasteiger partial charge in [0.15, 0.2) is 11.7 Å². The zero-order valence-corrected chi connectivity index (χ0v) is 18.2. The molecule has 1 aromatic carbocycles. The van der Waals surface area contributed by atoms with E-state index in [-0.39, 0.29) is 29.8 Å². The number of carbonyl (C=O) groups excluding carboxylic acids is 2. The fourth-order valence-electron chi connectivity index (χ4n) is 4.24. The van der Waals surface area contributed by atoms with Crippen LogP contribution < -0.4 is 9.64 Å². The summed E-state index contributed by atoms with van der Waals surface area (Å²) in [5, 5.41) is 9.75.